The molecule has 1 atom stereocenters. The van der Waals surface area contributed by atoms with Crippen LogP contribution in [-0.4, -0.2) is 69.3 Å². The number of carbonyl (C=O) groups excluding carboxylic acids is 1. The number of rotatable bonds is 3. The molecule has 8 nitrogen and oxygen atoms in total. The van der Waals surface area contributed by atoms with Crippen molar-refractivity contribution in [2.75, 3.05) is 31.1 Å². The van der Waals surface area contributed by atoms with Crippen molar-refractivity contribution in [2.45, 2.75) is 50.6 Å². The van der Waals surface area contributed by atoms with Crippen molar-refractivity contribution in [3.63, 3.8) is 0 Å². The minimum Gasteiger partial charge on any atom is -0.337 e. The third-order valence-electron chi connectivity index (χ3n) is 5.70. The Labute approximate surface area is 157 Å². The Morgan fingerprint density at radius 2 is 1.69 bits per heavy atom. The van der Waals surface area contributed by atoms with Crippen LogP contribution >= 0.6 is 11.6 Å². The van der Waals surface area contributed by atoms with Crippen LogP contribution < -0.4 is 4.90 Å². The van der Waals surface area contributed by atoms with Gasteiger partial charge in [-0.05, 0) is 25.7 Å². The quantitative estimate of drug-likeness (QED) is 0.803. The van der Waals surface area contributed by atoms with Gasteiger partial charge in [0, 0.05) is 32.2 Å². The fourth-order valence-electron chi connectivity index (χ4n) is 4.36. The van der Waals surface area contributed by atoms with Crippen LogP contribution in [0.3, 0.4) is 0 Å². The fourth-order valence-corrected chi connectivity index (χ4v) is 4.51. The van der Waals surface area contributed by atoms with Crippen molar-refractivity contribution in [2.24, 2.45) is 0 Å². The second-order valence-corrected chi connectivity index (χ2v) is 7.57. The third kappa shape index (κ3) is 3.16. The normalized spacial score (nSPS) is 24.4. The Kier molecular flexibility index (Phi) is 4.81. The number of aromatic nitrogens is 3. The first kappa shape index (κ1) is 17.3. The number of amides is 2. The van der Waals surface area contributed by atoms with Gasteiger partial charge < -0.3 is 14.7 Å². The van der Waals surface area contributed by atoms with Crippen LogP contribution in [-0.2, 0) is 0 Å². The van der Waals surface area contributed by atoms with Gasteiger partial charge in [-0.2, -0.15) is 10.2 Å². The maximum atomic E-state index is 12.9. The molecule has 4 rings (SSSR count). The summed E-state index contributed by atoms with van der Waals surface area (Å²) >= 11 is 5.99. The van der Waals surface area contributed by atoms with E-state index in [-0.39, 0.29) is 22.9 Å². The van der Waals surface area contributed by atoms with Crippen molar-refractivity contribution < 1.29 is 4.79 Å². The SMILES string of the molecule is N#Cc1nnc(N2CCCC(N3CCN(C4CCCC4)C3=O)C2)nc1Cl. The topological polar surface area (TPSA) is 89.3 Å². The molecule has 0 radical (unpaired) electrons. The Bertz CT molecular complexity index is 730. The minimum absolute atomic E-state index is 0.0332. The molecule has 26 heavy (non-hydrogen) atoms. The largest absolute Gasteiger partial charge is 0.337 e. The molecule has 1 aromatic heterocycles. The van der Waals surface area contributed by atoms with Gasteiger partial charge >= 0.3 is 6.03 Å². The zero-order valence-corrected chi connectivity index (χ0v) is 15.4. The van der Waals surface area contributed by atoms with Crippen molar-refractivity contribution in [1.82, 2.24) is 25.0 Å². The molecule has 0 bridgehead atoms. The second kappa shape index (κ2) is 7.23. The zero-order chi connectivity index (χ0) is 18.1. The highest BCUT2D eigenvalue weighted by atomic mass is 35.5. The highest BCUT2D eigenvalue weighted by Crippen LogP contribution is 2.29. The molecule has 138 valence electrons. The average molecular weight is 376 g/mol. The number of hydrogen-bond acceptors (Lipinski definition) is 6. The van der Waals surface area contributed by atoms with Gasteiger partial charge in [-0.25, -0.2) is 4.79 Å². The van der Waals surface area contributed by atoms with Gasteiger partial charge in [0.05, 0.1) is 6.04 Å². The van der Waals surface area contributed by atoms with Gasteiger partial charge in [0.25, 0.3) is 0 Å². The van der Waals surface area contributed by atoms with E-state index in [2.05, 4.69) is 20.1 Å². The molecule has 2 aliphatic heterocycles. The van der Waals surface area contributed by atoms with E-state index in [4.69, 9.17) is 16.9 Å². The summed E-state index contributed by atoms with van der Waals surface area (Å²) < 4.78 is 0. The molecule has 0 aromatic carbocycles. The van der Waals surface area contributed by atoms with Crippen molar-refractivity contribution >= 4 is 23.6 Å². The van der Waals surface area contributed by atoms with Gasteiger partial charge in [-0.3, -0.25) is 0 Å². The Hall–Kier alpha value is -2.14. The van der Waals surface area contributed by atoms with E-state index in [1.54, 1.807) is 0 Å². The highest BCUT2D eigenvalue weighted by molar-refractivity contribution is 6.30. The molecule has 0 spiro atoms. The van der Waals surface area contributed by atoms with Crippen molar-refractivity contribution in [3.8, 4) is 6.07 Å². The maximum absolute atomic E-state index is 12.9. The molecule has 2 amide bonds. The number of piperidine rings is 1. The third-order valence-corrected chi connectivity index (χ3v) is 5.96. The highest BCUT2D eigenvalue weighted by Gasteiger charge is 2.39. The Balaban J connectivity index is 1.44. The molecule has 0 N–H and O–H groups in total. The van der Waals surface area contributed by atoms with E-state index in [0.717, 1.165) is 45.3 Å². The number of anilines is 1. The maximum Gasteiger partial charge on any atom is 0.320 e. The molecule has 1 unspecified atom stereocenters. The van der Waals surface area contributed by atoms with Gasteiger partial charge in [-0.15, -0.1) is 10.2 Å². The minimum atomic E-state index is 0.0332. The summed E-state index contributed by atoms with van der Waals surface area (Å²) in [5, 5.41) is 16.9. The number of hydrogen-bond donors (Lipinski definition) is 0. The zero-order valence-electron chi connectivity index (χ0n) is 14.6. The lowest BCUT2D eigenvalue weighted by Gasteiger charge is -2.37. The average Bonchev–Trinajstić information content (AvgIpc) is 3.31. The van der Waals surface area contributed by atoms with Gasteiger partial charge in [0.2, 0.25) is 5.95 Å². The predicted molar refractivity (Wildman–Crippen MR) is 95.9 cm³/mol. The molecule has 1 saturated carbocycles. The van der Waals surface area contributed by atoms with Crippen molar-refractivity contribution in [3.05, 3.63) is 10.8 Å². The fraction of sp³-hybridized carbons (Fsp3) is 0.706. The summed E-state index contributed by atoms with van der Waals surface area (Å²) in [5.41, 5.74) is 0.0332. The molecule has 1 aromatic rings. The number of carbonyl (C=O) groups is 1. The first-order chi connectivity index (χ1) is 12.7. The lowest BCUT2D eigenvalue weighted by atomic mass is 10.0. The Morgan fingerprint density at radius 1 is 1.00 bits per heavy atom. The molecule has 3 aliphatic rings. The summed E-state index contributed by atoms with van der Waals surface area (Å²) in [6.45, 7) is 3.10. The van der Waals surface area contributed by atoms with E-state index in [0.29, 0.717) is 18.5 Å². The second-order valence-electron chi connectivity index (χ2n) is 7.21. The van der Waals surface area contributed by atoms with E-state index < -0.39 is 0 Å². The first-order valence-electron chi connectivity index (χ1n) is 9.30. The standard InChI is InChI=1S/C17H22ClN7O/c18-15-14(10-19)21-22-16(20-15)23-7-3-6-13(11-23)25-9-8-24(17(25)26)12-4-1-2-5-12/h12-13H,1-9,11H2. The lowest BCUT2D eigenvalue weighted by molar-refractivity contribution is 0.160. The number of nitrogens with zero attached hydrogens (tertiary/aromatic N) is 7. The van der Waals surface area contributed by atoms with E-state index >= 15 is 0 Å². The molecular formula is C17H22ClN7O. The molecule has 1 aliphatic carbocycles. The van der Waals surface area contributed by atoms with E-state index in [9.17, 15) is 4.79 Å². The van der Waals surface area contributed by atoms with E-state index in [1.807, 2.05) is 15.9 Å². The summed E-state index contributed by atoms with van der Waals surface area (Å²) in [6.07, 6.45) is 6.68. The van der Waals surface area contributed by atoms with Gasteiger partial charge in [-0.1, -0.05) is 24.4 Å². The monoisotopic (exact) mass is 375 g/mol. The van der Waals surface area contributed by atoms with Crippen LogP contribution in [0.15, 0.2) is 0 Å². The number of urea groups is 1. The van der Waals surface area contributed by atoms with Crippen LogP contribution in [0.5, 0.6) is 0 Å². The molecule has 3 heterocycles. The molecule has 3 fully saturated rings. The summed E-state index contributed by atoms with van der Waals surface area (Å²) in [4.78, 5) is 23.2. The summed E-state index contributed by atoms with van der Waals surface area (Å²) in [6, 6.07) is 2.63. The number of halogens is 1. The summed E-state index contributed by atoms with van der Waals surface area (Å²) in [7, 11) is 0. The van der Waals surface area contributed by atoms with Crippen LogP contribution in [0.1, 0.15) is 44.2 Å². The molecular weight excluding hydrogens is 354 g/mol. The molecule has 2 saturated heterocycles. The summed E-state index contributed by atoms with van der Waals surface area (Å²) in [5.74, 6) is 0.429. The first-order valence-corrected chi connectivity index (χ1v) is 9.67. The number of nitriles is 1. The van der Waals surface area contributed by atoms with Gasteiger partial charge in [0.15, 0.2) is 10.8 Å². The van der Waals surface area contributed by atoms with Gasteiger partial charge in [0.1, 0.15) is 6.07 Å². The predicted octanol–water partition coefficient (Wildman–Crippen LogP) is 2.05. The smallest absolute Gasteiger partial charge is 0.320 e. The Morgan fingerprint density at radius 3 is 2.38 bits per heavy atom. The van der Waals surface area contributed by atoms with Crippen molar-refractivity contribution in [1.29, 1.82) is 5.26 Å². The lowest BCUT2D eigenvalue weighted by Crippen LogP contribution is -2.50. The van der Waals surface area contributed by atoms with Crippen LogP contribution in [0.2, 0.25) is 5.15 Å². The molecule has 9 heteroatoms. The van der Waals surface area contributed by atoms with Crippen LogP contribution in [0.4, 0.5) is 10.7 Å². The van der Waals surface area contributed by atoms with E-state index in [1.165, 1.54) is 12.8 Å². The van der Waals surface area contributed by atoms with Crippen LogP contribution in [0.25, 0.3) is 0 Å². The van der Waals surface area contributed by atoms with Crippen LogP contribution in [0, 0.1) is 11.3 Å².